The maximum atomic E-state index is 11.5. The predicted octanol–water partition coefficient (Wildman–Crippen LogP) is -0.0492. The summed E-state index contributed by atoms with van der Waals surface area (Å²) >= 11 is 0. The van der Waals surface area contributed by atoms with Crippen LogP contribution in [0.1, 0.15) is 24.8 Å². The number of nitrogens with zero attached hydrogens (tertiary/aromatic N) is 2. The minimum absolute atomic E-state index is 0. The van der Waals surface area contributed by atoms with E-state index in [9.17, 15) is 5.11 Å². The second-order valence-corrected chi connectivity index (χ2v) is 6.13. The maximum absolute atomic E-state index is 11.5. The van der Waals surface area contributed by atoms with Gasteiger partial charge in [0.25, 0.3) is 11.6 Å². The molecule has 2 aromatic rings. The van der Waals surface area contributed by atoms with Gasteiger partial charge in [-0.3, -0.25) is 0 Å². The topological polar surface area (TPSA) is 26.5 Å². The molecule has 0 radical (unpaired) electrons. The van der Waals surface area contributed by atoms with Crippen LogP contribution in [0.15, 0.2) is 60.7 Å². The average Bonchev–Trinajstić information content (AvgIpc) is 2.91. The van der Waals surface area contributed by atoms with Crippen LogP contribution in [-0.2, 0) is 5.72 Å². The number of halogens is 1. The summed E-state index contributed by atoms with van der Waals surface area (Å²) in [7, 11) is 0. The highest BCUT2D eigenvalue weighted by Crippen LogP contribution is 2.35. The van der Waals surface area contributed by atoms with E-state index in [1.165, 1.54) is 12.3 Å². The van der Waals surface area contributed by atoms with Crippen molar-refractivity contribution in [2.45, 2.75) is 25.0 Å². The number of rotatable bonds is 2. The number of β-amino-alcohol motifs (C(OH)–C–C–N with tert-alkyl or cyclic N) is 1. The highest BCUT2D eigenvalue weighted by Gasteiger charge is 2.52. The lowest BCUT2D eigenvalue weighted by Gasteiger charge is -2.24. The lowest BCUT2D eigenvalue weighted by Crippen LogP contribution is -3.00. The zero-order chi connectivity index (χ0) is 15.0. The third-order valence-corrected chi connectivity index (χ3v) is 4.78. The molecule has 0 amide bonds. The van der Waals surface area contributed by atoms with Crippen LogP contribution in [0.3, 0.4) is 0 Å². The molecule has 4 heteroatoms. The number of hydrogen-bond acceptors (Lipinski definition) is 2. The molecule has 23 heavy (non-hydrogen) atoms. The van der Waals surface area contributed by atoms with Crippen LogP contribution in [-0.4, -0.2) is 28.6 Å². The van der Waals surface area contributed by atoms with Gasteiger partial charge in [0, 0.05) is 12.0 Å². The van der Waals surface area contributed by atoms with Crippen LogP contribution in [0.2, 0.25) is 0 Å². The summed E-state index contributed by atoms with van der Waals surface area (Å²) in [5, 5.41) is 11.5. The molecule has 0 fully saturated rings. The van der Waals surface area contributed by atoms with E-state index in [1.54, 1.807) is 0 Å². The Morgan fingerprint density at radius 1 is 0.913 bits per heavy atom. The van der Waals surface area contributed by atoms with Gasteiger partial charge in [-0.2, -0.15) is 0 Å². The number of amidine groups is 1. The maximum Gasteiger partial charge on any atom is 0.271 e. The highest BCUT2D eigenvalue weighted by atomic mass is 79.9. The minimum atomic E-state index is -0.924. The molecule has 2 aliphatic rings. The van der Waals surface area contributed by atoms with Crippen molar-refractivity contribution in [3.05, 3.63) is 66.2 Å². The summed E-state index contributed by atoms with van der Waals surface area (Å²) < 4.78 is 2.21. The Hall–Kier alpha value is -1.65. The summed E-state index contributed by atoms with van der Waals surface area (Å²) in [4.78, 5) is 2.28. The minimum Gasteiger partial charge on any atom is -1.00 e. The Balaban J connectivity index is 0.00000156. The molecule has 0 saturated carbocycles. The standard InChI is InChI=1S/C19H21N2O.BrH/c22-19(16-9-3-1-4-10-16)15-20(17-11-5-2-6-12-17)18-13-7-8-14-21(18)19;/h1-6,9-12,22H,7-8,13-15H2;1H/q+1;/p-1. The van der Waals surface area contributed by atoms with Gasteiger partial charge in [-0.1, -0.05) is 48.5 Å². The largest absolute Gasteiger partial charge is 1.00 e. The van der Waals surface area contributed by atoms with Crippen LogP contribution < -0.4 is 21.9 Å². The SMILES string of the molecule is OC1(c2ccccc2)CN(c2ccccc2)C2=[N+]1CCCC2.[Br-]. The monoisotopic (exact) mass is 372 g/mol. The van der Waals surface area contributed by atoms with Crippen molar-refractivity contribution < 1.29 is 26.7 Å². The normalized spacial score (nSPS) is 23.4. The molecule has 0 spiro atoms. The molecule has 0 bridgehead atoms. The first-order valence-electron chi connectivity index (χ1n) is 8.03. The second kappa shape index (κ2) is 6.46. The molecule has 3 nitrogen and oxygen atoms in total. The Morgan fingerprint density at radius 3 is 2.26 bits per heavy atom. The molecule has 1 unspecified atom stereocenters. The molecule has 2 aromatic carbocycles. The molecule has 1 N–H and O–H groups in total. The van der Waals surface area contributed by atoms with Crippen molar-refractivity contribution in [3.63, 3.8) is 0 Å². The Kier molecular flexibility index (Phi) is 4.55. The third kappa shape index (κ3) is 2.70. The highest BCUT2D eigenvalue weighted by molar-refractivity contribution is 5.96. The van der Waals surface area contributed by atoms with E-state index in [0.29, 0.717) is 6.54 Å². The van der Waals surface area contributed by atoms with Crippen molar-refractivity contribution in [2.24, 2.45) is 0 Å². The van der Waals surface area contributed by atoms with Gasteiger partial charge in [0.05, 0.1) is 6.54 Å². The van der Waals surface area contributed by atoms with Gasteiger partial charge in [0.15, 0.2) is 6.54 Å². The average molecular weight is 373 g/mol. The Labute approximate surface area is 147 Å². The molecule has 2 heterocycles. The smallest absolute Gasteiger partial charge is 0.271 e. The van der Waals surface area contributed by atoms with Gasteiger partial charge in [-0.15, -0.1) is 0 Å². The van der Waals surface area contributed by atoms with E-state index in [1.807, 2.05) is 36.4 Å². The van der Waals surface area contributed by atoms with Crippen molar-refractivity contribution in [1.29, 1.82) is 0 Å². The molecule has 1 atom stereocenters. The lowest BCUT2D eigenvalue weighted by atomic mass is 10.0. The molecular formula is C19H21BrN2O. The quantitative estimate of drug-likeness (QED) is 0.748. The van der Waals surface area contributed by atoms with Crippen LogP contribution >= 0.6 is 0 Å². The molecule has 0 saturated heterocycles. The summed E-state index contributed by atoms with van der Waals surface area (Å²) in [5.74, 6) is 1.25. The molecule has 0 aliphatic carbocycles. The molecule has 120 valence electrons. The van der Waals surface area contributed by atoms with Gasteiger partial charge in [0.2, 0.25) is 0 Å². The van der Waals surface area contributed by atoms with Crippen molar-refractivity contribution in [3.8, 4) is 0 Å². The fourth-order valence-corrected chi connectivity index (χ4v) is 3.69. The summed E-state index contributed by atoms with van der Waals surface area (Å²) in [6.45, 7) is 1.51. The first-order chi connectivity index (χ1) is 10.8. The summed E-state index contributed by atoms with van der Waals surface area (Å²) in [6, 6.07) is 20.5. The van der Waals surface area contributed by atoms with Crippen molar-refractivity contribution >= 4 is 11.5 Å². The zero-order valence-electron chi connectivity index (χ0n) is 13.0. The van der Waals surface area contributed by atoms with Gasteiger partial charge >= 0.3 is 0 Å². The van der Waals surface area contributed by atoms with Gasteiger partial charge < -0.3 is 22.1 Å². The van der Waals surface area contributed by atoms with Gasteiger partial charge in [0.1, 0.15) is 5.69 Å². The number of hydrogen-bond donors (Lipinski definition) is 1. The van der Waals surface area contributed by atoms with E-state index >= 15 is 0 Å². The fourth-order valence-electron chi connectivity index (χ4n) is 3.69. The number of para-hydroxylation sites is 1. The van der Waals surface area contributed by atoms with Gasteiger partial charge in [-0.05, 0) is 25.0 Å². The Morgan fingerprint density at radius 2 is 1.57 bits per heavy atom. The van der Waals surface area contributed by atoms with Crippen LogP contribution in [0, 0.1) is 0 Å². The second-order valence-electron chi connectivity index (χ2n) is 6.13. The van der Waals surface area contributed by atoms with E-state index in [-0.39, 0.29) is 17.0 Å². The molecule has 4 rings (SSSR count). The summed E-state index contributed by atoms with van der Waals surface area (Å²) in [5.41, 5.74) is 1.22. The Bertz CT molecular complexity index is 702. The predicted molar refractivity (Wildman–Crippen MR) is 88.1 cm³/mol. The molecule has 0 aromatic heterocycles. The lowest BCUT2D eigenvalue weighted by molar-refractivity contribution is -0.661. The van der Waals surface area contributed by atoms with E-state index in [4.69, 9.17) is 0 Å². The van der Waals surface area contributed by atoms with Crippen LogP contribution in [0.25, 0.3) is 0 Å². The molecular weight excluding hydrogens is 352 g/mol. The first kappa shape index (κ1) is 16.2. The number of aliphatic hydroxyl groups is 1. The van der Waals surface area contributed by atoms with Crippen LogP contribution in [0.4, 0.5) is 5.69 Å². The van der Waals surface area contributed by atoms with Gasteiger partial charge in [-0.25, -0.2) is 9.48 Å². The molecule has 2 aliphatic heterocycles. The van der Waals surface area contributed by atoms with Crippen LogP contribution in [0.5, 0.6) is 0 Å². The summed E-state index contributed by atoms with van der Waals surface area (Å²) in [6.07, 6.45) is 3.37. The number of anilines is 1. The van der Waals surface area contributed by atoms with Crippen molar-refractivity contribution in [1.82, 2.24) is 0 Å². The van der Waals surface area contributed by atoms with Crippen molar-refractivity contribution in [2.75, 3.05) is 18.0 Å². The zero-order valence-corrected chi connectivity index (χ0v) is 14.6. The van der Waals surface area contributed by atoms with E-state index in [0.717, 1.165) is 30.6 Å². The third-order valence-electron chi connectivity index (χ3n) is 4.78. The fraction of sp³-hybridized carbons (Fsp3) is 0.316. The first-order valence-corrected chi connectivity index (χ1v) is 8.03. The number of benzene rings is 2. The van der Waals surface area contributed by atoms with E-state index in [2.05, 4.69) is 33.7 Å². The van der Waals surface area contributed by atoms with E-state index < -0.39 is 5.72 Å².